The first-order chi connectivity index (χ1) is 10.4. The Balaban J connectivity index is 1.64. The smallest absolute Gasteiger partial charge is 0.407 e. The minimum atomic E-state index is -0.435. The summed E-state index contributed by atoms with van der Waals surface area (Å²) in [4.78, 5) is 11.8. The molecule has 0 radical (unpaired) electrons. The Kier molecular flexibility index (Phi) is 5.83. The monoisotopic (exact) mass is 304 g/mol. The highest BCUT2D eigenvalue weighted by Crippen LogP contribution is 2.20. The number of amides is 1. The Bertz CT molecular complexity index is 468. The fourth-order valence-electron chi connectivity index (χ4n) is 2.84. The lowest BCUT2D eigenvalue weighted by atomic mass is 10.1. The average molecular weight is 304 g/mol. The van der Waals surface area contributed by atoms with E-state index in [0.29, 0.717) is 6.04 Å². The van der Waals surface area contributed by atoms with Gasteiger partial charge in [-0.05, 0) is 58.6 Å². The number of benzene rings is 1. The van der Waals surface area contributed by atoms with Gasteiger partial charge in [0.1, 0.15) is 5.60 Å². The van der Waals surface area contributed by atoms with Gasteiger partial charge in [-0.3, -0.25) is 0 Å². The molecule has 1 aromatic carbocycles. The van der Waals surface area contributed by atoms with Crippen molar-refractivity contribution in [1.82, 2.24) is 10.6 Å². The Morgan fingerprint density at radius 3 is 2.55 bits per heavy atom. The van der Waals surface area contributed by atoms with Gasteiger partial charge in [-0.1, -0.05) is 30.3 Å². The second-order valence-electron chi connectivity index (χ2n) is 7.04. The molecule has 0 saturated heterocycles. The molecule has 1 aliphatic carbocycles. The maximum atomic E-state index is 11.8. The Morgan fingerprint density at radius 1 is 1.18 bits per heavy atom. The van der Waals surface area contributed by atoms with E-state index in [1.54, 1.807) is 0 Å². The van der Waals surface area contributed by atoms with Crippen LogP contribution in [0.1, 0.15) is 45.6 Å². The number of hydrogen-bond donors (Lipinski definition) is 2. The molecule has 2 unspecified atom stereocenters. The molecule has 2 rings (SSSR count). The summed E-state index contributed by atoms with van der Waals surface area (Å²) in [7, 11) is 0. The second kappa shape index (κ2) is 7.63. The zero-order chi connectivity index (χ0) is 16.0. The van der Waals surface area contributed by atoms with Crippen molar-refractivity contribution < 1.29 is 9.53 Å². The van der Waals surface area contributed by atoms with Gasteiger partial charge in [-0.15, -0.1) is 0 Å². The van der Waals surface area contributed by atoms with Crippen LogP contribution in [0.4, 0.5) is 4.79 Å². The summed E-state index contributed by atoms with van der Waals surface area (Å²) in [6.07, 6.45) is 3.84. The summed E-state index contributed by atoms with van der Waals surface area (Å²) in [6.45, 7) is 6.63. The molecular formula is C18H28N2O2. The molecule has 0 bridgehead atoms. The molecule has 1 fully saturated rings. The third-order valence-corrected chi connectivity index (χ3v) is 3.84. The highest BCUT2D eigenvalue weighted by molar-refractivity contribution is 5.68. The van der Waals surface area contributed by atoms with Crippen molar-refractivity contribution in [2.75, 3.05) is 6.54 Å². The molecule has 122 valence electrons. The molecule has 1 saturated carbocycles. The normalized spacial score (nSPS) is 21.6. The average Bonchev–Trinajstić information content (AvgIpc) is 2.85. The van der Waals surface area contributed by atoms with Crippen molar-refractivity contribution in [3.63, 3.8) is 0 Å². The minimum absolute atomic E-state index is 0.226. The molecule has 4 nitrogen and oxygen atoms in total. The highest BCUT2D eigenvalue weighted by atomic mass is 16.6. The van der Waals surface area contributed by atoms with Crippen LogP contribution in [0.5, 0.6) is 0 Å². The van der Waals surface area contributed by atoms with Crippen LogP contribution in [0, 0.1) is 0 Å². The second-order valence-corrected chi connectivity index (χ2v) is 7.04. The first-order valence-electron chi connectivity index (χ1n) is 8.19. The lowest BCUT2D eigenvalue weighted by molar-refractivity contribution is 0.0505. The molecule has 1 amide bonds. The molecule has 0 aromatic heterocycles. The van der Waals surface area contributed by atoms with Crippen LogP contribution < -0.4 is 10.6 Å². The quantitative estimate of drug-likeness (QED) is 0.878. The van der Waals surface area contributed by atoms with Gasteiger partial charge >= 0.3 is 6.09 Å². The van der Waals surface area contributed by atoms with Crippen LogP contribution in [-0.4, -0.2) is 30.3 Å². The molecule has 1 aliphatic rings. The highest BCUT2D eigenvalue weighted by Gasteiger charge is 2.27. The van der Waals surface area contributed by atoms with Gasteiger partial charge in [0.2, 0.25) is 0 Å². The van der Waals surface area contributed by atoms with Crippen LogP contribution in [0.25, 0.3) is 0 Å². The summed E-state index contributed by atoms with van der Waals surface area (Å²) in [5.74, 6) is 0. The van der Waals surface area contributed by atoms with Gasteiger partial charge in [0.25, 0.3) is 0 Å². The summed E-state index contributed by atoms with van der Waals surface area (Å²) in [5, 5.41) is 6.56. The van der Waals surface area contributed by atoms with Crippen molar-refractivity contribution in [3.8, 4) is 0 Å². The van der Waals surface area contributed by atoms with Crippen LogP contribution in [0.3, 0.4) is 0 Å². The first-order valence-corrected chi connectivity index (χ1v) is 8.19. The molecule has 4 heteroatoms. The zero-order valence-electron chi connectivity index (χ0n) is 13.9. The molecule has 2 atom stereocenters. The maximum Gasteiger partial charge on any atom is 0.407 e. The molecule has 0 heterocycles. The van der Waals surface area contributed by atoms with E-state index in [1.807, 2.05) is 26.8 Å². The third kappa shape index (κ3) is 6.06. The molecule has 0 aliphatic heterocycles. The topological polar surface area (TPSA) is 50.4 Å². The van der Waals surface area contributed by atoms with Crippen molar-refractivity contribution in [2.45, 2.75) is 64.1 Å². The zero-order valence-corrected chi connectivity index (χ0v) is 13.9. The third-order valence-electron chi connectivity index (χ3n) is 3.84. The van der Waals surface area contributed by atoms with Gasteiger partial charge in [-0.2, -0.15) is 0 Å². The predicted molar refractivity (Wildman–Crippen MR) is 88.9 cm³/mol. The SMILES string of the molecule is CC(C)(C)OC(=O)NC1CCC(NCCc2ccccc2)C1. The molecular weight excluding hydrogens is 276 g/mol. The van der Waals surface area contributed by atoms with E-state index in [4.69, 9.17) is 4.74 Å². The fourth-order valence-corrected chi connectivity index (χ4v) is 2.84. The minimum Gasteiger partial charge on any atom is -0.444 e. The van der Waals surface area contributed by atoms with Crippen LogP contribution in [0.2, 0.25) is 0 Å². The number of nitrogens with one attached hydrogen (secondary N) is 2. The van der Waals surface area contributed by atoms with Crippen molar-refractivity contribution in [2.24, 2.45) is 0 Å². The standard InChI is InChI=1S/C18H28N2O2/c1-18(2,3)22-17(21)20-16-10-9-15(13-16)19-12-11-14-7-5-4-6-8-14/h4-8,15-16,19H,9-13H2,1-3H3,(H,20,21). The Hall–Kier alpha value is -1.55. The van der Waals surface area contributed by atoms with E-state index in [-0.39, 0.29) is 12.1 Å². The van der Waals surface area contributed by atoms with E-state index in [1.165, 1.54) is 5.56 Å². The van der Waals surface area contributed by atoms with Gasteiger partial charge < -0.3 is 15.4 Å². The van der Waals surface area contributed by atoms with Crippen LogP contribution in [-0.2, 0) is 11.2 Å². The Labute approximate surface area is 133 Å². The van der Waals surface area contributed by atoms with Crippen molar-refractivity contribution >= 4 is 6.09 Å². The van der Waals surface area contributed by atoms with Gasteiger partial charge in [0.05, 0.1) is 0 Å². The van der Waals surface area contributed by atoms with E-state index in [0.717, 1.165) is 32.2 Å². The summed E-state index contributed by atoms with van der Waals surface area (Å²) in [5.41, 5.74) is 0.923. The molecule has 1 aromatic rings. The van der Waals surface area contributed by atoms with Crippen molar-refractivity contribution in [1.29, 1.82) is 0 Å². The number of hydrogen-bond acceptors (Lipinski definition) is 3. The summed E-state index contributed by atoms with van der Waals surface area (Å²) >= 11 is 0. The van der Waals surface area contributed by atoms with E-state index >= 15 is 0 Å². The van der Waals surface area contributed by atoms with Crippen molar-refractivity contribution in [3.05, 3.63) is 35.9 Å². The van der Waals surface area contributed by atoms with Gasteiger partial charge in [-0.25, -0.2) is 4.79 Å². The number of carbonyl (C=O) groups excluding carboxylic acids is 1. The molecule has 22 heavy (non-hydrogen) atoms. The van der Waals surface area contributed by atoms with Crippen LogP contribution >= 0.6 is 0 Å². The van der Waals surface area contributed by atoms with E-state index in [2.05, 4.69) is 34.9 Å². The fraction of sp³-hybridized carbons (Fsp3) is 0.611. The number of carbonyl (C=O) groups is 1. The van der Waals surface area contributed by atoms with E-state index < -0.39 is 5.60 Å². The predicted octanol–water partition coefficient (Wildman–Crippen LogP) is 3.26. The number of alkyl carbamates (subject to hydrolysis) is 1. The Morgan fingerprint density at radius 2 is 1.86 bits per heavy atom. The summed E-state index contributed by atoms with van der Waals surface area (Å²) < 4.78 is 5.30. The van der Waals surface area contributed by atoms with Gasteiger partial charge in [0, 0.05) is 12.1 Å². The lowest BCUT2D eigenvalue weighted by Crippen LogP contribution is -2.39. The summed E-state index contributed by atoms with van der Waals surface area (Å²) in [6, 6.07) is 11.2. The number of ether oxygens (including phenoxy) is 1. The van der Waals surface area contributed by atoms with E-state index in [9.17, 15) is 4.79 Å². The first kappa shape index (κ1) is 16.8. The molecule has 0 spiro atoms. The largest absolute Gasteiger partial charge is 0.444 e. The molecule has 2 N–H and O–H groups in total. The van der Waals surface area contributed by atoms with Gasteiger partial charge in [0.15, 0.2) is 0 Å². The van der Waals surface area contributed by atoms with Crippen LogP contribution in [0.15, 0.2) is 30.3 Å². The number of rotatable bonds is 5. The maximum absolute atomic E-state index is 11.8. The lowest BCUT2D eigenvalue weighted by Gasteiger charge is -2.21.